The number of fused-ring (bicyclic) bond motifs is 1. The van der Waals surface area contributed by atoms with Crippen LogP contribution in [-0.2, 0) is 4.79 Å². The molecular formula is C26H28N6OS. The highest BCUT2D eigenvalue weighted by atomic mass is 32.1. The molecule has 1 aliphatic rings. The molecule has 3 aromatic heterocycles. The van der Waals surface area contributed by atoms with Crippen LogP contribution in [0.25, 0.3) is 33.5 Å². The zero-order valence-electron chi connectivity index (χ0n) is 19.4. The number of nitrogens with zero attached hydrogens (tertiary/aromatic N) is 4. The minimum Gasteiger partial charge on any atom is -0.306 e. The molecule has 8 heteroatoms. The smallest absolute Gasteiger partial charge is 0.226 e. The number of piperidine rings is 1. The quantitative estimate of drug-likeness (QED) is 0.401. The maximum atomic E-state index is 12.6. The first kappa shape index (κ1) is 22.4. The molecule has 4 aromatic rings. The van der Waals surface area contributed by atoms with E-state index in [9.17, 15) is 4.79 Å². The van der Waals surface area contributed by atoms with Gasteiger partial charge in [-0.05, 0) is 87.8 Å². The molecule has 1 saturated heterocycles. The van der Waals surface area contributed by atoms with Crippen LogP contribution in [0.5, 0.6) is 0 Å². The van der Waals surface area contributed by atoms with Gasteiger partial charge in [-0.15, -0.1) is 0 Å². The van der Waals surface area contributed by atoms with E-state index in [4.69, 9.17) is 0 Å². The number of hydrogen-bond acceptors (Lipinski definition) is 6. The number of likely N-dealkylation sites (tertiary alicyclic amines) is 1. The van der Waals surface area contributed by atoms with Gasteiger partial charge in [0.1, 0.15) is 0 Å². The molecule has 0 spiro atoms. The van der Waals surface area contributed by atoms with Crippen LogP contribution in [0.1, 0.15) is 36.3 Å². The molecule has 1 aromatic carbocycles. The number of amides is 1. The van der Waals surface area contributed by atoms with Crippen molar-refractivity contribution < 1.29 is 4.79 Å². The standard InChI is InChI=1S/C26H28N6OS/c1-17-25(34-26(28-17)29-24(33)15-18-10-13-32(2)14-11-18)19-6-8-21-22(30-31-23(21)16-19)9-7-20-5-3-4-12-27-20/h3-9,12,16,18H,10-11,13-15H2,1-2H3,(H,30,31)(H,28,29,33)/b9-7+. The third-order valence-electron chi connectivity index (χ3n) is 6.31. The van der Waals surface area contributed by atoms with Gasteiger partial charge >= 0.3 is 0 Å². The van der Waals surface area contributed by atoms with Crippen molar-refractivity contribution in [2.45, 2.75) is 26.2 Å². The average Bonchev–Trinajstić information content (AvgIpc) is 3.42. The molecule has 0 atom stereocenters. The third kappa shape index (κ3) is 5.08. The van der Waals surface area contributed by atoms with Crippen molar-refractivity contribution in [3.63, 3.8) is 0 Å². The lowest BCUT2D eigenvalue weighted by molar-refractivity contribution is -0.117. The first-order chi connectivity index (χ1) is 16.5. The number of benzene rings is 1. The highest BCUT2D eigenvalue weighted by Crippen LogP contribution is 2.35. The van der Waals surface area contributed by atoms with Crippen molar-refractivity contribution in [3.05, 3.63) is 59.7 Å². The lowest BCUT2D eigenvalue weighted by Gasteiger charge is -2.28. The lowest BCUT2D eigenvalue weighted by atomic mass is 9.93. The molecule has 0 aliphatic carbocycles. The minimum atomic E-state index is 0.0585. The van der Waals surface area contributed by atoms with Crippen molar-refractivity contribution >= 4 is 45.4 Å². The first-order valence-corrected chi connectivity index (χ1v) is 12.4. The largest absolute Gasteiger partial charge is 0.306 e. The Morgan fingerprint density at radius 1 is 1.24 bits per heavy atom. The maximum Gasteiger partial charge on any atom is 0.226 e. The zero-order chi connectivity index (χ0) is 23.5. The van der Waals surface area contributed by atoms with Crippen LogP contribution in [0.15, 0.2) is 42.6 Å². The molecule has 1 aliphatic heterocycles. The van der Waals surface area contributed by atoms with Crippen molar-refractivity contribution in [2.75, 3.05) is 25.5 Å². The second-order valence-corrected chi connectivity index (χ2v) is 9.89. The molecule has 0 bridgehead atoms. The van der Waals surface area contributed by atoms with E-state index in [0.717, 1.165) is 64.4 Å². The van der Waals surface area contributed by atoms with Gasteiger partial charge in [-0.2, -0.15) is 5.10 Å². The van der Waals surface area contributed by atoms with Gasteiger partial charge < -0.3 is 10.2 Å². The van der Waals surface area contributed by atoms with E-state index in [1.165, 1.54) is 11.3 Å². The molecule has 0 unspecified atom stereocenters. The number of pyridine rings is 1. The van der Waals surface area contributed by atoms with Crippen LogP contribution >= 0.6 is 11.3 Å². The Bertz CT molecular complexity index is 1320. The topological polar surface area (TPSA) is 86.8 Å². The lowest BCUT2D eigenvalue weighted by Crippen LogP contribution is -2.31. The Hall–Kier alpha value is -3.36. The monoisotopic (exact) mass is 472 g/mol. The molecule has 5 rings (SSSR count). The molecule has 1 fully saturated rings. The Kier molecular flexibility index (Phi) is 6.51. The van der Waals surface area contributed by atoms with E-state index < -0.39 is 0 Å². The van der Waals surface area contributed by atoms with Crippen molar-refractivity contribution in [1.29, 1.82) is 0 Å². The van der Waals surface area contributed by atoms with E-state index in [1.807, 2.05) is 37.3 Å². The Labute approximate surface area is 202 Å². The van der Waals surface area contributed by atoms with Crippen LogP contribution in [0.2, 0.25) is 0 Å². The molecule has 34 heavy (non-hydrogen) atoms. The molecular weight excluding hydrogens is 444 g/mol. The number of H-pyrrole nitrogens is 1. The molecule has 1 amide bonds. The van der Waals surface area contributed by atoms with Crippen molar-refractivity contribution in [3.8, 4) is 10.4 Å². The summed E-state index contributed by atoms with van der Waals surface area (Å²) in [6, 6.07) is 12.1. The third-order valence-corrected chi connectivity index (χ3v) is 7.43. The second-order valence-electron chi connectivity index (χ2n) is 8.89. The molecule has 4 heterocycles. The summed E-state index contributed by atoms with van der Waals surface area (Å²) in [7, 11) is 2.14. The fourth-order valence-corrected chi connectivity index (χ4v) is 5.34. The Morgan fingerprint density at radius 3 is 2.88 bits per heavy atom. The Balaban J connectivity index is 1.29. The highest BCUT2D eigenvalue weighted by Gasteiger charge is 2.20. The van der Waals surface area contributed by atoms with Gasteiger partial charge in [-0.25, -0.2) is 4.98 Å². The summed E-state index contributed by atoms with van der Waals surface area (Å²) in [4.78, 5) is 24.9. The van der Waals surface area contributed by atoms with Crippen molar-refractivity contribution in [2.24, 2.45) is 5.92 Å². The van der Waals surface area contributed by atoms with Gasteiger partial charge in [0.25, 0.3) is 0 Å². The zero-order valence-corrected chi connectivity index (χ0v) is 20.2. The first-order valence-electron chi connectivity index (χ1n) is 11.6. The van der Waals surface area contributed by atoms with Crippen LogP contribution < -0.4 is 5.32 Å². The van der Waals surface area contributed by atoms with E-state index in [2.05, 4.69) is 55.6 Å². The number of aromatic nitrogens is 4. The number of nitrogens with one attached hydrogen (secondary N) is 2. The average molecular weight is 473 g/mol. The van der Waals surface area contributed by atoms with Crippen LogP contribution in [0, 0.1) is 12.8 Å². The number of hydrogen-bond donors (Lipinski definition) is 2. The van der Waals surface area contributed by atoms with Crippen LogP contribution in [0.3, 0.4) is 0 Å². The summed E-state index contributed by atoms with van der Waals surface area (Å²) in [6.07, 6.45) is 8.42. The summed E-state index contributed by atoms with van der Waals surface area (Å²) in [5.41, 5.74) is 4.69. The summed E-state index contributed by atoms with van der Waals surface area (Å²) in [5, 5.41) is 12.3. The van der Waals surface area contributed by atoms with Crippen LogP contribution in [0.4, 0.5) is 5.13 Å². The summed E-state index contributed by atoms with van der Waals surface area (Å²) < 4.78 is 0. The number of carbonyl (C=O) groups is 1. The number of carbonyl (C=O) groups excluding carboxylic acids is 1. The number of rotatable bonds is 6. The molecule has 7 nitrogen and oxygen atoms in total. The summed E-state index contributed by atoms with van der Waals surface area (Å²) in [6.45, 7) is 4.11. The van der Waals surface area contributed by atoms with E-state index in [0.29, 0.717) is 17.5 Å². The number of thiazole rings is 1. The van der Waals surface area contributed by atoms with Gasteiger partial charge in [0.2, 0.25) is 5.91 Å². The second kappa shape index (κ2) is 9.87. The van der Waals surface area contributed by atoms with E-state index in [-0.39, 0.29) is 5.91 Å². The van der Waals surface area contributed by atoms with E-state index >= 15 is 0 Å². The van der Waals surface area contributed by atoms with Crippen LogP contribution in [-0.4, -0.2) is 51.1 Å². The minimum absolute atomic E-state index is 0.0585. The maximum absolute atomic E-state index is 12.6. The van der Waals surface area contributed by atoms with Gasteiger partial charge in [-0.3, -0.25) is 14.9 Å². The fraction of sp³-hybridized carbons (Fsp3) is 0.308. The number of anilines is 1. The summed E-state index contributed by atoms with van der Waals surface area (Å²) in [5.74, 6) is 0.517. The van der Waals surface area contributed by atoms with Gasteiger partial charge in [0.15, 0.2) is 5.13 Å². The highest BCUT2D eigenvalue weighted by molar-refractivity contribution is 7.19. The van der Waals surface area contributed by atoms with Gasteiger partial charge in [0, 0.05) is 18.0 Å². The van der Waals surface area contributed by atoms with Gasteiger partial charge in [-0.1, -0.05) is 23.5 Å². The Morgan fingerprint density at radius 2 is 2.09 bits per heavy atom. The molecule has 0 saturated carbocycles. The fourth-order valence-electron chi connectivity index (χ4n) is 4.36. The predicted octanol–water partition coefficient (Wildman–Crippen LogP) is 5.23. The summed E-state index contributed by atoms with van der Waals surface area (Å²) >= 11 is 1.52. The van der Waals surface area contributed by atoms with Gasteiger partial charge in [0.05, 0.1) is 27.5 Å². The number of aryl methyl sites for hydroxylation is 1. The normalized spacial score (nSPS) is 15.4. The number of aromatic amines is 1. The van der Waals surface area contributed by atoms with Crippen molar-refractivity contribution in [1.82, 2.24) is 25.1 Å². The molecule has 0 radical (unpaired) electrons. The SMILES string of the molecule is Cc1nc(NC(=O)CC2CCN(C)CC2)sc1-c1ccc2c(/C=C/c3ccccn3)n[nH]c2c1. The molecule has 174 valence electrons. The molecule has 2 N–H and O–H groups in total. The van der Waals surface area contributed by atoms with E-state index in [1.54, 1.807) is 6.20 Å². The predicted molar refractivity (Wildman–Crippen MR) is 139 cm³/mol.